The number of nitrogens with two attached hydrogens (primary N) is 1. The van der Waals surface area contributed by atoms with E-state index in [1.165, 1.54) is 58.4 Å². The molecule has 1 heterocycles. The predicted octanol–water partition coefficient (Wildman–Crippen LogP) is 1.92. The number of nitrogens with zero attached hydrogens (tertiary/aromatic N) is 2. The summed E-state index contributed by atoms with van der Waals surface area (Å²) < 4.78 is 0. The van der Waals surface area contributed by atoms with E-state index in [2.05, 4.69) is 30.6 Å². The lowest BCUT2D eigenvalue weighted by Crippen LogP contribution is -2.54. The van der Waals surface area contributed by atoms with Crippen LogP contribution < -0.4 is 5.73 Å². The van der Waals surface area contributed by atoms with Gasteiger partial charge in [-0.1, -0.05) is 0 Å². The molecule has 0 spiro atoms. The van der Waals surface area contributed by atoms with E-state index in [4.69, 9.17) is 5.73 Å². The van der Waals surface area contributed by atoms with Crippen molar-refractivity contribution in [3.63, 3.8) is 0 Å². The zero-order valence-electron chi connectivity index (χ0n) is 12.5. The van der Waals surface area contributed by atoms with Gasteiger partial charge in [-0.15, -0.1) is 0 Å². The molecule has 106 valence electrons. The maximum atomic E-state index is 5.98. The summed E-state index contributed by atoms with van der Waals surface area (Å²) in [4.78, 5) is 5.28. The molecule has 2 fully saturated rings. The molecule has 0 aromatic heterocycles. The summed E-state index contributed by atoms with van der Waals surface area (Å²) in [7, 11) is 0. The molecule has 2 rings (SSSR count). The molecule has 0 atom stereocenters. The van der Waals surface area contributed by atoms with E-state index in [-0.39, 0.29) is 0 Å². The monoisotopic (exact) mass is 253 g/mol. The highest BCUT2D eigenvalue weighted by molar-refractivity contribution is 4.84. The minimum absolute atomic E-state index is 0.337. The average Bonchev–Trinajstić information content (AvgIpc) is 2.32. The number of piperazine rings is 1. The molecule has 2 N–H and O–H groups in total. The lowest BCUT2D eigenvalue weighted by atomic mass is 9.86. The van der Waals surface area contributed by atoms with E-state index >= 15 is 0 Å². The van der Waals surface area contributed by atoms with Crippen molar-refractivity contribution in [2.75, 3.05) is 32.7 Å². The first-order valence-corrected chi connectivity index (χ1v) is 7.68. The fraction of sp³-hybridized carbons (Fsp3) is 1.00. The fourth-order valence-corrected chi connectivity index (χ4v) is 3.34. The van der Waals surface area contributed by atoms with Gasteiger partial charge in [-0.2, -0.15) is 0 Å². The van der Waals surface area contributed by atoms with Crippen molar-refractivity contribution in [1.29, 1.82) is 0 Å². The van der Waals surface area contributed by atoms with Crippen molar-refractivity contribution in [3.05, 3.63) is 0 Å². The van der Waals surface area contributed by atoms with Gasteiger partial charge in [-0.3, -0.25) is 4.90 Å². The summed E-state index contributed by atoms with van der Waals surface area (Å²) in [5, 5.41) is 0. The van der Waals surface area contributed by atoms with E-state index in [1.807, 2.05) is 0 Å². The molecule has 0 unspecified atom stereocenters. The Bertz CT molecular complexity index is 243. The first kappa shape index (κ1) is 14.3. The molecule has 1 saturated carbocycles. The van der Waals surface area contributed by atoms with Crippen LogP contribution in [0.25, 0.3) is 0 Å². The van der Waals surface area contributed by atoms with Crippen LogP contribution in [0.5, 0.6) is 0 Å². The Morgan fingerprint density at radius 1 is 0.944 bits per heavy atom. The van der Waals surface area contributed by atoms with Crippen molar-refractivity contribution >= 4 is 0 Å². The Morgan fingerprint density at radius 2 is 1.50 bits per heavy atom. The topological polar surface area (TPSA) is 32.5 Å². The maximum Gasteiger partial charge on any atom is 0.0126 e. The molecular formula is C15H31N3. The zero-order chi connectivity index (χ0) is 13.2. The van der Waals surface area contributed by atoms with E-state index < -0.39 is 0 Å². The third-order valence-corrected chi connectivity index (χ3v) is 4.73. The average molecular weight is 253 g/mol. The zero-order valence-corrected chi connectivity index (χ0v) is 12.5. The van der Waals surface area contributed by atoms with Crippen LogP contribution in [0.2, 0.25) is 0 Å². The van der Waals surface area contributed by atoms with Gasteiger partial charge >= 0.3 is 0 Å². The molecule has 1 aliphatic heterocycles. The van der Waals surface area contributed by atoms with Gasteiger partial charge in [0.1, 0.15) is 0 Å². The molecule has 0 amide bonds. The third-order valence-electron chi connectivity index (χ3n) is 4.73. The summed E-state index contributed by atoms with van der Waals surface area (Å²) >= 11 is 0. The quantitative estimate of drug-likeness (QED) is 0.816. The summed E-state index contributed by atoms with van der Waals surface area (Å²) in [5.41, 5.74) is 6.31. The Morgan fingerprint density at radius 3 is 2.00 bits per heavy atom. The molecule has 0 aromatic rings. The minimum atomic E-state index is 0.337. The van der Waals surface area contributed by atoms with Gasteiger partial charge in [-0.05, 0) is 52.4 Å². The summed E-state index contributed by atoms with van der Waals surface area (Å²) in [5.74, 6) is 0.908. The molecular weight excluding hydrogens is 222 g/mol. The highest BCUT2D eigenvalue weighted by Crippen LogP contribution is 2.25. The van der Waals surface area contributed by atoms with Crippen molar-refractivity contribution in [2.24, 2.45) is 11.7 Å². The van der Waals surface area contributed by atoms with Gasteiger partial charge in [-0.25, -0.2) is 0 Å². The van der Waals surface area contributed by atoms with Crippen LogP contribution >= 0.6 is 0 Å². The van der Waals surface area contributed by atoms with Crippen molar-refractivity contribution in [2.45, 2.75) is 58.0 Å². The molecule has 0 aromatic carbocycles. The normalized spacial score (nSPS) is 32.7. The van der Waals surface area contributed by atoms with Crippen LogP contribution in [0, 0.1) is 5.92 Å². The Kier molecular flexibility index (Phi) is 4.68. The SMILES string of the molecule is CC(C)(C)N1CCN(CC2CCC(N)CC2)CC1. The van der Waals surface area contributed by atoms with Crippen LogP contribution in [-0.4, -0.2) is 54.1 Å². The van der Waals surface area contributed by atoms with Crippen LogP contribution in [0.1, 0.15) is 46.5 Å². The second-order valence-corrected chi connectivity index (χ2v) is 7.24. The largest absolute Gasteiger partial charge is 0.328 e. The van der Waals surface area contributed by atoms with Crippen molar-refractivity contribution < 1.29 is 0 Å². The molecule has 1 aliphatic carbocycles. The molecule has 0 radical (unpaired) electrons. The number of hydrogen-bond donors (Lipinski definition) is 1. The van der Waals surface area contributed by atoms with Crippen molar-refractivity contribution in [1.82, 2.24) is 9.80 Å². The van der Waals surface area contributed by atoms with Gasteiger partial charge in [0.15, 0.2) is 0 Å². The molecule has 1 saturated heterocycles. The van der Waals surface area contributed by atoms with E-state index in [9.17, 15) is 0 Å². The van der Waals surface area contributed by atoms with Gasteiger partial charge < -0.3 is 10.6 Å². The molecule has 0 bridgehead atoms. The van der Waals surface area contributed by atoms with Gasteiger partial charge in [0.25, 0.3) is 0 Å². The van der Waals surface area contributed by atoms with Crippen LogP contribution in [0.3, 0.4) is 0 Å². The van der Waals surface area contributed by atoms with E-state index in [0.29, 0.717) is 11.6 Å². The van der Waals surface area contributed by atoms with E-state index in [0.717, 1.165) is 5.92 Å². The third kappa shape index (κ3) is 3.94. The molecule has 3 nitrogen and oxygen atoms in total. The molecule has 3 heteroatoms. The second-order valence-electron chi connectivity index (χ2n) is 7.24. The summed E-state index contributed by atoms with van der Waals surface area (Å²) in [6.07, 6.45) is 5.18. The Balaban J connectivity index is 1.70. The highest BCUT2D eigenvalue weighted by Gasteiger charge is 2.27. The molecule has 18 heavy (non-hydrogen) atoms. The Hall–Kier alpha value is -0.120. The van der Waals surface area contributed by atoms with E-state index in [1.54, 1.807) is 0 Å². The van der Waals surface area contributed by atoms with Crippen LogP contribution in [-0.2, 0) is 0 Å². The number of rotatable bonds is 2. The summed E-state index contributed by atoms with van der Waals surface area (Å²) in [6, 6.07) is 0.485. The highest BCUT2D eigenvalue weighted by atomic mass is 15.3. The second kappa shape index (κ2) is 5.89. The maximum absolute atomic E-state index is 5.98. The van der Waals surface area contributed by atoms with Gasteiger partial charge in [0, 0.05) is 44.3 Å². The smallest absolute Gasteiger partial charge is 0.0126 e. The van der Waals surface area contributed by atoms with Crippen LogP contribution in [0.4, 0.5) is 0 Å². The first-order chi connectivity index (χ1) is 8.45. The van der Waals surface area contributed by atoms with Crippen LogP contribution in [0.15, 0.2) is 0 Å². The minimum Gasteiger partial charge on any atom is -0.328 e. The first-order valence-electron chi connectivity index (χ1n) is 7.68. The summed E-state index contributed by atoms with van der Waals surface area (Å²) in [6.45, 7) is 13.2. The van der Waals surface area contributed by atoms with Gasteiger partial charge in [0.2, 0.25) is 0 Å². The lowest BCUT2D eigenvalue weighted by Gasteiger charge is -2.43. The predicted molar refractivity (Wildman–Crippen MR) is 77.7 cm³/mol. The van der Waals surface area contributed by atoms with Crippen molar-refractivity contribution in [3.8, 4) is 0 Å². The van der Waals surface area contributed by atoms with Gasteiger partial charge in [0.05, 0.1) is 0 Å². The molecule has 2 aliphatic rings. The standard InChI is InChI=1S/C15H31N3/c1-15(2,3)18-10-8-17(9-11-18)12-13-4-6-14(16)7-5-13/h13-14H,4-12,16H2,1-3H3. The fourth-order valence-electron chi connectivity index (χ4n) is 3.34. The Labute approximate surface area is 113 Å². The lowest BCUT2D eigenvalue weighted by molar-refractivity contribution is 0.0517. The number of hydrogen-bond acceptors (Lipinski definition) is 3.